The van der Waals surface area contributed by atoms with Crippen molar-refractivity contribution in [2.24, 2.45) is 5.92 Å². The van der Waals surface area contributed by atoms with Crippen molar-refractivity contribution in [2.75, 3.05) is 39.2 Å². The van der Waals surface area contributed by atoms with Crippen LogP contribution in [0.5, 0.6) is 0 Å². The predicted octanol–water partition coefficient (Wildman–Crippen LogP) is 1.71. The first-order valence-electron chi connectivity index (χ1n) is 7.69. The molecule has 1 aliphatic rings. The fourth-order valence-corrected chi connectivity index (χ4v) is 2.63. The minimum Gasteiger partial charge on any atom is -0.379 e. The zero-order chi connectivity index (χ0) is 16.1. The number of aromatic nitrogens is 1. The molecule has 1 aromatic heterocycles. The molecule has 1 saturated heterocycles. The lowest BCUT2D eigenvalue weighted by Crippen LogP contribution is -2.50. The third-order valence-electron chi connectivity index (χ3n) is 4.19. The molecule has 22 heavy (non-hydrogen) atoms. The summed E-state index contributed by atoms with van der Waals surface area (Å²) in [4.78, 5) is 20.3. The molecule has 1 aromatic rings. The third-order valence-corrected chi connectivity index (χ3v) is 4.19. The summed E-state index contributed by atoms with van der Waals surface area (Å²) >= 11 is 0. The summed E-state index contributed by atoms with van der Waals surface area (Å²) in [6, 6.07) is 3.87. The average Bonchev–Trinajstić information content (AvgIpc) is 2.53. The molecule has 0 aliphatic carbocycles. The van der Waals surface area contributed by atoms with Gasteiger partial charge in [-0.1, -0.05) is 6.92 Å². The number of rotatable bonds is 4. The third kappa shape index (κ3) is 4.10. The molecule has 0 spiro atoms. The number of nitrogens with zero attached hydrogens (tertiary/aromatic N) is 3. The summed E-state index contributed by atoms with van der Waals surface area (Å²) in [6.45, 7) is 4.12. The average molecular weight is 306 g/mol. The van der Waals surface area contributed by atoms with E-state index in [2.05, 4.69) is 17.2 Å². The fraction of sp³-hybridized carbons (Fsp3) is 0.625. The van der Waals surface area contributed by atoms with Gasteiger partial charge in [-0.05, 0) is 30.0 Å². The van der Waals surface area contributed by atoms with Crippen molar-refractivity contribution in [3.8, 4) is 0 Å². The number of likely N-dealkylation sites (tertiary alicyclic amines) is 1. The van der Waals surface area contributed by atoms with Crippen LogP contribution in [0.15, 0.2) is 18.3 Å². The van der Waals surface area contributed by atoms with Crippen LogP contribution in [0.3, 0.4) is 0 Å². The molecule has 6 heteroatoms. The summed E-state index contributed by atoms with van der Waals surface area (Å²) in [6.07, 6.45) is 2.87. The first-order valence-corrected chi connectivity index (χ1v) is 7.69. The van der Waals surface area contributed by atoms with E-state index in [0.29, 0.717) is 19.0 Å². The van der Waals surface area contributed by atoms with Gasteiger partial charge in [0.1, 0.15) is 5.82 Å². The van der Waals surface area contributed by atoms with Crippen molar-refractivity contribution in [3.05, 3.63) is 23.9 Å². The number of nitrogens with one attached hydrogen (secondary N) is 1. The molecule has 122 valence electrons. The standard InChI is InChI=1S/C16H26N4O2/c1-12-6-8-20(11-14(12)22-4)16(21)18-10-13-5-7-17-15(9-13)19(2)3/h5,7,9,12,14H,6,8,10-11H2,1-4H3,(H,18,21)/t12-,14+/m0/s1. The van der Waals surface area contributed by atoms with Gasteiger partial charge in [0, 0.05) is 47.0 Å². The van der Waals surface area contributed by atoms with E-state index in [9.17, 15) is 4.79 Å². The Morgan fingerprint density at radius 1 is 1.55 bits per heavy atom. The lowest BCUT2D eigenvalue weighted by Gasteiger charge is -2.36. The smallest absolute Gasteiger partial charge is 0.317 e. The molecular weight excluding hydrogens is 280 g/mol. The van der Waals surface area contributed by atoms with Gasteiger partial charge < -0.3 is 19.9 Å². The Bertz CT molecular complexity index is 507. The summed E-state index contributed by atoms with van der Waals surface area (Å²) in [5.41, 5.74) is 1.04. The molecule has 2 amide bonds. The minimum atomic E-state index is -0.0304. The Morgan fingerprint density at radius 2 is 2.32 bits per heavy atom. The Balaban J connectivity index is 1.89. The SMILES string of the molecule is CO[C@@H]1CN(C(=O)NCc2ccnc(N(C)C)c2)CC[C@@H]1C. The number of hydrogen-bond acceptors (Lipinski definition) is 4. The van der Waals surface area contributed by atoms with Crippen molar-refractivity contribution < 1.29 is 9.53 Å². The van der Waals surface area contributed by atoms with Crippen LogP contribution in [0.4, 0.5) is 10.6 Å². The number of pyridine rings is 1. The van der Waals surface area contributed by atoms with Crippen molar-refractivity contribution in [2.45, 2.75) is 26.0 Å². The lowest BCUT2D eigenvalue weighted by molar-refractivity contribution is 0.00714. The van der Waals surface area contributed by atoms with E-state index in [1.807, 2.05) is 36.0 Å². The topological polar surface area (TPSA) is 57.7 Å². The quantitative estimate of drug-likeness (QED) is 0.920. The molecule has 0 saturated carbocycles. The highest BCUT2D eigenvalue weighted by Crippen LogP contribution is 2.19. The Morgan fingerprint density at radius 3 is 3.00 bits per heavy atom. The zero-order valence-electron chi connectivity index (χ0n) is 13.9. The molecule has 2 atom stereocenters. The summed E-state index contributed by atoms with van der Waals surface area (Å²) in [7, 11) is 5.61. The highest BCUT2D eigenvalue weighted by Gasteiger charge is 2.28. The summed E-state index contributed by atoms with van der Waals surface area (Å²) in [5, 5.41) is 2.98. The number of carbonyl (C=O) groups excluding carboxylic acids is 1. The molecule has 0 unspecified atom stereocenters. The molecule has 0 aromatic carbocycles. The molecule has 2 heterocycles. The van der Waals surface area contributed by atoms with Crippen molar-refractivity contribution in [3.63, 3.8) is 0 Å². The van der Waals surface area contributed by atoms with E-state index in [1.54, 1.807) is 13.3 Å². The number of carbonyl (C=O) groups is 1. The van der Waals surface area contributed by atoms with Gasteiger partial charge >= 0.3 is 6.03 Å². The molecule has 0 radical (unpaired) electrons. The number of urea groups is 1. The van der Waals surface area contributed by atoms with Crippen LogP contribution in [0.2, 0.25) is 0 Å². The van der Waals surface area contributed by atoms with Gasteiger partial charge in [0.2, 0.25) is 0 Å². The molecule has 2 rings (SSSR count). The van der Waals surface area contributed by atoms with E-state index >= 15 is 0 Å². The summed E-state index contributed by atoms with van der Waals surface area (Å²) < 4.78 is 5.45. The molecule has 1 N–H and O–H groups in total. The maximum Gasteiger partial charge on any atom is 0.317 e. The van der Waals surface area contributed by atoms with Gasteiger partial charge in [-0.25, -0.2) is 9.78 Å². The Hall–Kier alpha value is -1.82. The van der Waals surface area contributed by atoms with Gasteiger partial charge in [-0.3, -0.25) is 0 Å². The molecule has 0 bridgehead atoms. The van der Waals surface area contributed by atoms with E-state index < -0.39 is 0 Å². The van der Waals surface area contributed by atoms with Crippen LogP contribution in [0, 0.1) is 5.92 Å². The van der Waals surface area contributed by atoms with Crippen LogP contribution < -0.4 is 10.2 Å². The van der Waals surface area contributed by atoms with Crippen molar-refractivity contribution in [1.82, 2.24) is 15.2 Å². The van der Waals surface area contributed by atoms with Crippen LogP contribution in [0.1, 0.15) is 18.9 Å². The van der Waals surface area contributed by atoms with Crippen LogP contribution in [-0.4, -0.2) is 56.3 Å². The number of anilines is 1. The summed E-state index contributed by atoms with van der Waals surface area (Å²) in [5.74, 6) is 1.38. The number of amides is 2. The Labute approximate surface area is 132 Å². The Kier molecular flexibility index (Phi) is 5.60. The largest absolute Gasteiger partial charge is 0.379 e. The molecule has 1 fully saturated rings. The van der Waals surface area contributed by atoms with Gasteiger partial charge in [0.05, 0.1) is 6.10 Å². The number of ether oxygens (including phenoxy) is 1. The monoisotopic (exact) mass is 306 g/mol. The number of piperidine rings is 1. The number of hydrogen-bond donors (Lipinski definition) is 1. The van der Waals surface area contributed by atoms with Gasteiger partial charge in [-0.15, -0.1) is 0 Å². The minimum absolute atomic E-state index is 0.0304. The zero-order valence-corrected chi connectivity index (χ0v) is 13.9. The predicted molar refractivity (Wildman–Crippen MR) is 87.0 cm³/mol. The second-order valence-corrected chi connectivity index (χ2v) is 6.06. The molecule has 1 aliphatic heterocycles. The second-order valence-electron chi connectivity index (χ2n) is 6.06. The fourth-order valence-electron chi connectivity index (χ4n) is 2.63. The highest BCUT2D eigenvalue weighted by atomic mass is 16.5. The van der Waals surface area contributed by atoms with E-state index in [1.165, 1.54) is 0 Å². The van der Waals surface area contributed by atoms with Crippen molar-refractivity contribution >= 4 is 11.8 Å². The maximum absolute atomic E-state index is 12.3. The van der Waals surface area contributed by atoms with Crippen LogP contribution in [-0.2, 0) is 11.3 Å². The maximum atomic E-state index is 12.3. The molecule has 6 nitrogen and oxygen atoms in total. The van der Waals surface area contributed by atoms with Gasteiger partial charge in [0.15, 0.2) is 0 Å². The lowest BCUT2D eigenvalue weighted by atomic mass is 9.96. The van der Waals surface area contributed by atoms with E-state index in [-0.39, 0.29) is 12.1 Å². The van der Waals surface area contributed by atoms with Gasteiger partial charge in [0.25, 0.3) is 0 Å². The van der Waals surface area contributed by atoms with Gasteiger partial charge in [-0.2, -0.15) is 0 Å². The van der Waals surface area contributed by atoms with E-state index in [0.717, 1.165) is 24.3 Å². The van der Waals surface area contributed by atoms with Crippen molar-refractivity contribution in [1.29, 1.82) is 0 Å². The first kappa shape index (κ1) is 16.5. The first-order chi connectivity index (χ1) is 10.5. The second kappa shape index (κ2) is 7.45. The van der Waals surface area contributed by atoms with E-state index in [4.69, 9.17) is 4.74 Å². The van der Waals surface area contributed by atoms with Crippen LogP contribution in [0.25, 0.3) is 0 Å². The normalized spacial score (nSPS) is 21.5. The number of methoxy groups -OCH3 is 1. The highest BCUT2D eigenvalue weighted by molar-refractivity contribution is 5.74. The van der Waals surface area contributed by atoms with Crippen LogP contribution >= 0.6 is 0 Å². The molecular formula is C16H26N4O2.